The SMILES string of the molecule is CC(C)CC1(C(=O)N2CC[C@@H](N)C2)CCCC1. The number of nitrogens with zero attached hydrogens (tertiary/aromatic N) is 1. The van der Waals surface area contributed by atoms with Gasteiger partial charge in [-0.3, -0.25) is 4.79 Å². The van der Waals surface area contributed by atoms with Crippen LogP contribution in [0.1, 0.15) is 52.4 Å². The molecule has 0 aromatic heterocycles. The van der Waals surface area contributed by atoms with Gasteiger partial charge in [-0.1, -0.05) is 26.7 Å². The summed E-state index contributed by atoms with van der Waals surface area (Å²) in [6.07, 6.45) is 6.66. The maximum atomic E-state index is 12.7. The molecule has 3 nitrogen and oxygen atoms in total. The minimum Gasteiger partial charge on any atom is -0.341 e. The van der Waals surface area contributed by atoms with Crippen LogP contribution in [0.2, 0.25) is 0 Å². The van der Waals surface area contributed by atoms with Crippen LogP contribution in [0.4, 0.5) is 0 Å². The van der Waals surface area contributed by atoms with E-state index in [1.165, 1.54) is 12.8 Å². The van der Waals surface area contributed by atoms with Crippen LogP contribution in [0.25, 0.3) is 0 Å². The molecule has 1 saturated carbocycles. The second kappa shape index (κ2) is 4.97. The monoisotopic (exact) mass is 238 g/mol. The highest BCUT2D eigenvalue weighted by Gasteiger charge is 2.44. The third kappa shape index (κ3) is 2.65. The van der Waals surface area contributed by atoms with E-state index >= 15 is 0 Å². The summed E-state index contributed by atoms with van der Waals surface area (Å²) in [5.74, 6) is 1.00. The molecule has 0 unspecified atom stereocenters. The van der Waals surface area contributed by atoms with E-state index in [1.54, 1.807) is 0 Å². The molecule has 0 radical (unpaired) electrons. The number of nitrogens with two attached hydrogens (primary N) is 1. The van der Waals surface area contributed by atoms with Crippen LogP contribution in [0.15, 0.2) is 0 Å². The summed E-state index contributed by atoms with van der Waals surface area (Å²) in [5, 5.41) is 0. The Morgan fingerprint density at radius 1 is 1.41 bits per heavy atom. The van der Waals surface area contributed by atoms with Gasteiger partial charge in [-0.2, -0.15) is 0 Å². The van der Waals surface area contributed by atoms with Gasteiger partial charge in [0.05, 0.1) is 0 Å². The average Bonchev–Trinajstić information content (AvgIpc) is 2.86. The van der Waals surface area contributed by atoms with E-state index in [0.717, 1.165) is 38.8 Å². The minimum atomic E-state index is -0.0434. The fraction of sp³-hybridized carbons (Fsp3) is 0.929. The summed E-state index contributed by atoms with van der Waals surface area (Å²) in [7, 11) is 0. The highest BCUT2D eigenvalue weighted by atomic mass is 16.2. The van der Waals surface area contributed by atoms with Gasteiger partial charge in [-0.05, 0) is 31.6 Å². The predicted octanol–water partition coefficient (Wildman–Crippen LogP) is 2.15. The Kier molecular flexibility index (Phi) is 3.76. The van der Waals surface area contributed by atoms with Crippen molar-refractivity contribution >= 4 is 5.91 Å². The van der Waals surface area contributed by atoms with Gasteiger partial charge >= 0.3 is 0 Å². The van der Waals surface area contributed by atoms with Crippen molar-refractivity contribution in [3.63, 3.8) is 0 Å². The van der Waals surface area contributed by atoms with Gasteiger partial charge in [0.2, 0.25) is 5.91 Å². The number of amides is 1. The van der Waals surface area contributed by atoms with Crippen molar-refractivity contribution in [1.29, 1.82) is 0 Å². The Morgan fingerprint density at radius 3 is 2.53 bits per heavy atom. The molecule has 1 saturated heterocycles. The zero-order valence-corrected chi connectivity index (χ0v) is 11.2. The van der Waals surface area contributed by atoms with Crippen molar-refractivity contribution < 1.29 is 4.79 Å². The summed E-state index contributed by atoms with van der Waals surface area (Å²) >= 11 is 0. The van der Waals surface area contributed by atoms with Crippen molar-refractivity contribution in [2.24, 2.45) is 17.1 Å². The van der Waals surface area contributed by atoms with Crippen LogP contribution in [0, 0.1) is 11.3 Å². The van der Waals surface area contributed by atoms with E-state index in [9.17, 15) is 4.79 Å². The second-order valence-corrected chi connectivity index (χ2v) is 6.39. The van der Waals surface area contributed by atoms with Gasteiger partial charge in [-0.15, -0.1) is 0 Å². The Labute approximate surface area is 105 Å². The zero-order chi connectivity index (χ0) is 12.5. The topological polar surface area (TPSA) is 46.3 Å². The molecule has 0 aromatic carbocycles. The van der Waals surface area contributed by atoms with Crippen LogP contribution in [0.3, 0.4) is 0 Å². The predicted molar refractivity (Wildman–Crippen MR) is 69.5 cm³/mol. The van der Waals surface area contributed by atoms with Crippen molar-refractivity contribution in [1.82, 2.24) is 4.90 Å². The lowest BCUT2D eigenvalue weighted by atomic mass is 9.77. The summed E-state index contributed by atoms with van der Waals surface area (Å²) in [6.45, 7) is 6.10. The lowest BCUT2D eigenvalue weighted by Gasteiger charge is -2.33. The first-order valence-corrected chi connectivity index (χ1v) is 7.08. The molecule has 1 aliphatic carbocycles. The van der Waals surface area contributed by atoms with E-state index in [4.69, 9.17) is 5.73 Å². The maximum Gasteiger partial charge on any atom is 0.228 e. The quantitative estimate of drug-likeness (QED) is 0.819. The van der Waals surface area contributed by atoms with Gasteiger partial charge in [0.15, 0.2) is 0 Å². The molecule has 0 aromatic rings. The van der Waals surface area contributed by atoms with Gasteiger partial charge in [0, 0.05) is 24.5 Å². The smallest absolute Gasteiger partial charge is 0.228 e. The van der Waals surface area contributed by atoms with Gasteiger partial charge in [-0.25, -0.2) is 0 Å². The number of hydrogen-bond acceptors (Lipinski definition) is 2. The molecule has 1 atom stereocenters. The summed E-state index contributed by atoms with van der Waals surface area (Å²) in [5.41, 5.74) is 5.87. The number of hydrogen-bond donors (Lipinski definition) is 1. The molecule has 2 fully saturated rings. The number of likely N-dealkylation sites (tertiary alicyclic amines) is 1. The highest BCUT2D eigenvalue weighted by molar-refractivity contribution is 5.83. The first-order chi connectivity index (χ1) is 8.03. The molecule has 1 aliphatic heterocycles. The van der Waals surface area contributed by atoms with Crippen molar-refractivity contribution in [2.75, 3.05) is 13.1 Å². The maximum absolute atomic E-state index is 12.7. The molecule has 17 heavy (non-hydrogen) atoms. The number of carbonyl (C=O) groups is 1. The van der Waals surface area contributed by atoms with Crippen LogP contribution < -0.4 is 5.73 Å². The van der Waals surface area contributed by atoms with E-state index in [0.29, 0.717) is 11.8 Å². The molecular weight excluding hydrogens is 212 g/mol. The summed E-state index contributed by atoms with van der Waals surface area (Å²) < 4.78 is 0. The first kappa shape index (κ1) is 12.9. The molecule has 1 heterocycles. The third-order valence-electron chi connectivity index (χ3n) is 4.33. The standard InChI is InChI=1S/C14H26N2O/c1-11(2)9-14(6-3-4-7-14)13(17)16-8-5-12(15)10-16/h11-12H,3-10,15H2,1-2H3/t12-/m1/s1. The third-order valence-corrected chi connectivity index (χ3v) is 4.33. The number of rotatable bonds is 3. The lowest BCUT2D eigenvalue weighted by Crippen LogP contribution is -2.43. The highest BCUT2D eigenvalue weighted by Crippen LogP contribution is 2.45. The fourth-order valence-corrected chi connectivity index (χ4v) is 3.65. The van der Waals surface area contributed by atoms with E-state index < -0.39 is 0 Å². The molecular formula is C14H26N2O. The Bertz CT molecular complexity index is 282. The van der Waals surface area contributed by atoms with Gasteiger partial charge in [0.25, 0.3) is 0 Å². The Morgan fingerprint density at radius 2 is 2.06 bits per heavy atom. The molecule has 2 aliphatic rings. The van der Waals surface area contributed by atoms with Crippen LogP contribution in [-0.4, -0.2) is 29.9 Å². The fourth-order valence-electron chi connectivity index (χ4n) is 3.65. The molecule has 0 bridgehead atoms. The molecule has 1 amide bonds. The lowest BCUT2D eigenvalue weighted by molar-refractivity contribution is -0.141. The normalized spacial score (nSPS) is 28.0. The van der Waals surface area contributed by atoms with Crippen molar-refractivity contribution in [3.05, 3.63) is 0 Å². The largest absolute Gasteiger partial charge is 0.341 e. The molecule has 2 rings (SSSR count). The van der Waals surface area contributed by atoms with E-state index in [-0.39, 0.29) is 11.5 Å². The van der Waals surface area contributed by atoms with Gasteiger partial charge < -0.3 is 10.6 Å². The number of carbonyl (C=O) groups excluding carboxylic acids is 1. The molecule has 2 N–H and O–H groups in total. The van der Waals surface area contributed by atoms with Crippen molar-refractivity contribution in [2.45, 2.75) is 58.4 Å². The summed E-state index contributed by atoms with van der Waals surface area (Å²) in [6, 6.07) is 0.205. The summed E-state index contributed by atoms with van der Waals surface area (Å²) in [4.78, 5) is 14.7. The van der Waals surface area contributed by atoms with Crippen LogP contribution in [0.5, 0.6) is 0 Å². The first-order valence-electron chi connectivity index (χ1n) is 7.08. The van der Waals surface area contributed by atoms with E-state index in [1.807, 2.05) is 4.90 Å². The van der Waals surface area contributed by atoms with E-state index in [2.05, 4.69) is 13.8 Å². The van der Waals surface area contributed by atoms with Gasteiger partial charge in [0.1, 0.15) is 0 Å². The van der Waals surface area contributed by atoms with Crippen molar-refractivity contribution in [3.8, 4) is 0 Å². The molecule has 0 spiro atoms. The Hall–Kier alpha value is -0.570. The average molecular weight is 238 g/mol. The molecule has 3 heteroatoms. The Balaban J connectivity index is 2.07. The minimum absolute atomic E-state index is 0.0434. The van der Waals surface area contributed by atoms with Crippen LogP contribution in [-0.2, 0) is 4.79 Å². The zero-order valence-electron chi connectivity index (χ0n) is 11.2. The molecule has 98 valence electrons. The van der Waals surface area contributed by atoms with Crippen LogP contribution >= 0.6 is 0 Å². The second-order valence-electron chi connectivity index (χ2n) is 6.39.